The number of oxime groups is 1. The summed E-state index contributed by atoms with van der Waals surface area (Å²) in [5, 5.41) is 5.69. The van der Waals surface area contributed by atoms with E-state index in [-0.39, 0.29) is 17.3 Å². The van der Waals surface area contributed by atoms with Gasteiger partial charge in [-0.15, -0.1) is 0 Å². The molecule has 0 amide bonds. The van der Waals surface area contributed by atoms with E-state index in [1.54, 1.807) is 6.07 Å². The molecule has 0 spiro atoms. The number of benzene rings is 4. The zero-order chi connectivity index (χ0) is 28.2. The maximum atomic E-state index is 13.6. The third kappa shape index (κ3) is 5.34. The van der Waals surface area contributed by atoms with Crippen LogP contribution in [0.15, 0.2) is 96.2 Å². The standard InChI is InChI=1S/C34H30N2O4/c1-4-36-31-18-15-25(33(38)27-13-9-8-10-22(27)2)20-28(31)29-21-26(16-19-32(29)36)34(39)30(35-40-23(3)37)17-14-24-11-6-5-7-12-24/h5-13,15-16,18-21H,4,14,17H2,1-3H3. The molecule has 6 heteroatoms. The first-order valence-corrected chi connectivity index (χ1v) is 13.4. The van der Waals surface area contributed by atoms with Crippen molar-refractivity contribution in [2.75, 3.05) is 0 Å². The van der Waals surface area contributed by atoms with Crippen molar-refractivity contribution in [2.45, 2.75) is 40.2 Å². The summed E-state index contributed by atoms with van der Waals surface area (Å²) in [5.41, 5.74) is 5.81. The second kappa shape index (κ2) is 11.5. The topological polar surface area (TPSA) is 77.7 Å². The fourth-order valence-corrected chi connectivity index (χ4v) is 5.10. The van der Waals surface area contributed by atoms with E-state index in [1.165, 1.54) is 6.92 Å². The van der Waals surface area contributed by atoms with E-state index in [0.717, 1.165) is 39.5 Å². The second-order valence-electron chi connectivity index (χ2n) is 9.79. The van der Waals surface area contributed by atoms with Gasteiger partial charge in [0.05, 0.1) is 0 Å². The molecule has 5 aromatic rings. The highest BCUT2D eigenvalue weighted by atomic mass is 16.7. The maximum absolute atomic E-state index is 13.6. The minimum atomic E-state index is -0.586. The molecule has 40 heavy (non-hydrogen) atoms. The smallest absolute Gasteiger partial charge is 0.331 e. The predicted molar refractivity (Wildman–Crippen MR) is 158 cm³/mol. The summed E-state index contributed by atoms with van der Waals surface area (Å²) in [6, 6.07) is 28.6. The van der Waals surface area contributed by atoms with Crippen LogP contribution < -0.4 is 0 Å². The SMILES string of the molecule is CCn1c2ccc(C(=O)C(CCc3ccccc3)=NOC(C)=O)cc2c2cc(C(=O)c3ccccc3C)ccc21. The number of hydrogen-bond acceptors (Lipinski definition) is 5. The summed E-state index contributed by atoms with van der Waals surface area (Å²) in [7, 11) is 0. The fourth-order valence-electron chi connectivity index (χ4n) is 5.10. The van der Waals surface area contributed by atoms with Crippen LogP contribution >= 0.6 is 0 Å². The maximum Gasteiger partial charge on any atom is 0.331 e. The number of aromatic nitrogens is 1. The van der Waals surface area contributed by atoms with Crippen LogP contribution in [0.25, 0.3) is 21.8 Å². The predicted octanol–water partition coefficient (Wildman–Crippen LogP) is 7.09. The number of rotatable bonds is 9. The Kier molecular flexibility index (Phi) is 7.69. The average Bonchev–Trinajstić information content (AvgIpc) is 3.29. The van der Waals surface area contributed by atoms with Gasteiger partial charge >= 0.3 is 5.97 Å². The molecule has 5 rings (SSSR count). The molecule has 0 unspecified atom stereocenters. The van der Waals surface area contributed by atoms with Crippen LogP contribution in [0, 0.1) is 6.92 Å². The number of ketones is 2. The number of hydrogen-bond donors (Lipinski definition) is 0. The Hall–Kier alpha value is -4.84. The van der Waals surface area contributed by atoms with Crippen LogP contribution in [0.2, 0.25) is 0 Å². The first-order valence-electron chi connectivity index (χ1n) is 13.4. The molecule has 0 fully saturated rings. The minimum absolute atomic E-state index is 0.0404. The Morgan fingerprint density at radius 2 is 1.43 bits per heavy atom. The van der Waals surface area contributed by atoms with Gasteiger partial charge in [-0.25, -0.2) is 4.79 Å². The molecule has 200 valence electrons. The van der Waals surface area contributed by atoms with E-state index in [2.05, 4.69) is 16.6 Å². The normalized spacial score (nSPS) is 11.6. The van der Waals surface area contributed by atoms with Gasteiger partial charge in [-0.3, -0.25) is 9.59 Å². The van der Waals surface area contributed by atoms with Crippen LogP contribution in [-0.2, 0) is 22.6 Å². The van der Waals surface area contributed by atoms with Crippen molar-refractivity contribution in [3.8, 4) is 0 Å². The molecule has 0 atom stereocenters. The molecule has 0 aliphatic rings. The number of fused-ring (bicyclic) bond motifs is 3. The Morgan fingerprint density at radius 1 is 0.800 bits per heavy atom. The molecule has 1 heterocycles. The summed E-state index contributed by atoms with van der Waals surface area (Å²) in [4.78, 5) is 43.4. The van der Waals surface area contributed by atoms with Crippen molar-refractivity contribution in [3.63, 3.8) is 0 Å². The van der Waals surface area contributed by atoms with Crippen LogP contribution in [0.4, 0.5) is 0 Å². The van der Waals surface area contributed by atoms with Gasteiger partial charge in [0.1, 0.15) is 5.71 Å². The van der Waals surface area contributed by atoms with Crippen molar-refractivity contribution >= 4 is 45.1 Å². The fraction of sp³-hybridized carbons (Fsp3) is 0.176. The number of carbonyl (C=O) groups is 3. The molecule has 6 nitrogen and oxygen atoms in total. The van der Waals surface area contributed by atoms with E-state index in [1.807, 2.05) is 91.9 Å². The summed E-state index contributed by atoms with van der Waals surface area (Å²) >= 11 is 0. The summed E-state index contributed by atoms with van der Waals surface area (Å²) in [5.74, 6) is -0.928. The molecular formula is C34H30N2O4. The molecule has 0 saturated heterocycles. The van der Waals surface area contributed by atoms with Crippen molar-refractivity contribution < 1.29 is 19.2 Å². The average molecular weight is 531 g/mol. The Labute approximate surface area is 232 Å². The van der Waals surface area contributed by atoms with Gasteiger partial charge in [0.2, 0.25) is 5.78 Å². The van der Waals surface area contributed by atoms with Crippen molar-refractivity contribution in [1.29, 1.82) is 0 Å². The van der Waals surface area contributed by atoms with E-state index in [4.69, 9.17) is 4.84 Å². The van der Waals surface area contributed by atoms with Gasteiger partial charge in [-0.1, -0.05) is 59.8 Å². The number of nitrogens with zero attached hydrogens (tertiary/aromatic N) is 2. The van der Waals surface area contributed by atoms with Crippen LogP contribution in [-0.4, -0.2) is 27.8 Å². The lowest BCUT2D eigenvalue weighted by molar-refractivity contribution is -0.140. The zero-order valence-corrected chi connectivity index (χ0v) is 22.8. The molecule has 4 aromatic carbocycles. The van der Waals surface area contributed by atoms with Gasteiger partial charge in [-0.05, 0) is 67.8 Å². The van der Waals surface area contributed by atoms with Gasteiger partial charge in [0, 0.05) is 58.4 Å². The molecule has 1 aromatic heterocycles. The van der Waals surface area contributed by atoms with E-state index in [0.29, 0.717) is 29.5 Å². The molecular weight excluding hydrogens is 500 g/mol. The minimum Gasteiger partial charge on any atom is -0.341 e. The Morgan fingerprint density at radius 3 is 2.08 bits per heavy atom. The lowest BCUT2D eigenvalue weighted by atomic mass is 9.97. The van der Waals surface area contributed by atoms with E-state index in [9.17, 15) is 14.4 Å². The first-order chi connectivity index (χ1) is 19.4. The Bertz CT molecular complexity index is 1780. The summed E-state index contributed by atoms with van der Waals surface area (Å²) < 4.78 is 2.17. The van der Waals surface area contributed by atoms with Gasteiger partial charge in [0.15, 0.2) is 5.78 Å². The van der Waals surface area contributed by atoms with E-state index < -0.39 is 5.97 Å². The van der Waals surface area contributed by atoms with Crippen LogP contribution in [0.5, 0.6) is 0 Å². The van der Waals surface area contributed by atoms with Crippen molar-refractivity contribution in [1.82, 2.24) is 4.57 Å². The first kappa shape index (κ1) is 26.8. The lowest BCUT2D eigenvalue weighted by Crippen LogP contribution is -2.17. The monoisotopic (exact) mass is 530 g/mol. The number of Topliss-reactive ketones (excluding diaryl/α,β-unsaturated/α-hetero) is 1. The number of carbonyl (C=O) groups excluding carboxylic acids is 3. The molecule has 0 aliphatic carbocycles. The number of aryl methyl sites for hydroxylation is 3. The van der Waals surface area contributed by atoms with E-state index >= 15 is 0 Å². The third-order valence-corrected chi connectivity index (χ3v) is 7.13. The van der Waals surface area contributed by atoms with Crippen LogP contribution in [0.3, 0.4) is 0 Å². The lowest BCUT2D eigenvalue weighted by Gasteiger charge is -2.07. The second-order valence-corrected chi connectivity index (χ2v) is 9.79. The third-order valence-electron chi connectivity index (χ3n) is 7.13. The molecule has 0 radical (unpaired) electrons. The highest BCUT2D eigenvalue weighted by molar-refractivity contribution is 6.46. The zero-order valence-electron chi connectivity index (χ0n) is 22.8. The highest BCUT2D eigenvalue weighted by Gasteiger charge is 2.20. The van der Waals surface area contributed by atoms with Gasteiger partial charge < -0.3 is 9.40 Å². The summed E-state index contributed by atoms with van der Waals surface area (Å²) in [6.07, 6.45) is 0.897. The molecule has 0 N–H and O–H groups in total. The van der Waals surface area contributed by atoms with Gasteiger partial charge in [0.25, 0.3) is 0 Å². The largest absolute Gasteiger partial charge is 0.341 e. The molecule has 0 saturated carbocycles. The quantitative estimate of drug-likeness (QED) is 0.0882. The molecule has 0 aliphatic heterocycles. The van der Waals surface area contributed by atoms with Crippen molar-refractivity contribution in [2.24, 2.45) is 5.16 Å². The summed E-state index contributed by atoms with van der Waals surface area (Å²) in [6.45, 7) is 5.98. The molecule has 0 bridgehead atoms. The van der Waals surface area contributed by atoms with Crippen LogP contribution in [0.1, 0.15) is 57.7 Å². The van der Waals surface area contributed by atoms with Crippen molar-refractivity contribution in [3.05, 3.63) is 119 Å². The van der Waals surface area contributed by atoms with Gasteiger partial charge in [-0.2, -0.15) is 0 Å². The highest BCUT2D eigenvalue weighted by Crippen LogP contribution is 2.32. The Balaban J connectivity index is 1.56.